The Bertz CT molecular complexity index is 1350. The van der Waals surface area contributed by atoms with E-state index in [1.54, 1.807) is 6.92 Å². The van der Waals surface area contributed by atoms with E-state index < -0.39 is 64.4 Å². The second-order valence-electron chi connectivity index (χ2n) is 11.7. The molecule has 6 nitrogen and oxygen atoms in total. The molecule has 0 radical (unpaired) electrons. The monoisotopic (exact) mass is 596 g/mol. The van der Waals surface area contributed by atoms with Crippen LogP contribution in [0.15, 0.2) is 41.5 Å². The second-order valence-corrected chi connectivity index (χ2v) is 12.8. The minimum Gasteiger partial charge on any atom is -0.379 e. The molecule has 0 spiro atoms. The van der Waals surface area contributed by atoms with E-state index >= 15 is 17.6 Å². The lowest BCUT2D eigenvalue weighted by Crippen LogP contribution is -2.68. The lowest BCUT2D eigenvalue weighted by atomic mass is 9.60. The number of hydrogen-bond donors (Lipinski definition) is 2. The van der Waals surface area contributed by atoms with E-state index in [9.17, 15) is 9.18 Å². The van der Waals surface area contributed by atoms with Crippen LogP contribution in [0.3, 0.4) is 0 Å². The maximum absolute atomic E-state index is 16.9. The first-order valence-corrected chi connectivity index (χ1v) is 14.6. The van der Waals surface area contributed by atoms with E-state index in [0.717, 1.165) is 18.3 Å². The standard InChI is InChI=1S/C29H33F5N4O2S/c1-15(2)29(34)23(32)8-16(3)11-28(29,33)24-9-17-13-41-26(35)38-27(17,14-40-24)20-10-19(5-6-21(20)31)37-25(39)22-7-4-18(30)12-36-22/h4-7,10,12,15-17,23-24H,8-9,11,13-14H2,1-3H3,(H2,35,38)(H,37,39)/t16?,17-,23?,24+,27-,28?,29?/m0/s1. The first-order valence-electron chi connectivity index (χ1n) is 13.6. The lowest BCUT2D eigenvalue weighted by molar-refractivity contribution is -0.230. The molecular weight excluding hydrogens is 563 g/mol. The molecule has 3 N–H and O–H groups in total. The third kappa shape index (κ3) is 5.00. The van der Waals surface area contributed by atoms with Crippen molar-refractivity contribution in [1.82, 2.24) is 4.98 Å². The summed E-state index contributed by atoms with van der Waals surface area (Å²) in [6.07, 6.45) is -2.67. The van der Waals surface area contributed by atoms with Crippen LogP contribution >= 0.6 is 11.8 Å². The summed E-state index contributed by atoms with van der Waals surface area (Å²) in [5.41, 5.74) is -0.412. The first kappa shape index (κ1) is 29.8. The third-order valence-electron chi connectivity index (χ3n) is 8.77. The van der Waals surface area contributed by atoms with E-state index in [-0.39, 0.29) is 48.0 Å². The summed E-state index contributed by atoms with van der Waals surface area (Å²) in [5, 5.41) is 2.80. The van der Waals surface area contributed by atoms with Crippen LogP contribution in [0.25, 0.3) is 0 Å². The molecule has 5 rings (SSSR count). The fraction of sp³-hybridized carbons (Fsp3) is 0.552. The molecule has 12 heteroatoms. The van der Waals surface area contributed by atoms with Crippen molar-refractivity contribution in [3.8, 4) is 0 Å². The molecule has 2 aliphatic heterocycles. The van der Waals surface area contributed by atoms with Crippen molar-refractivity contribution in [2.45, 2.75) is 69.2 Å². The van der Waals surface area contributed by atoms with Gasteiger partial charge in [-0.1, -0.05) is 32.5 Å². The number of rotatable bonds is 5. The van der Waals surface area contributed by atoms with E-state index in [1.165, 1.54) is 43.8 Å². The van der Waals surface area contributed by atoms with Gasteiger partial charge in [0, 0.05) is 22.9 Å². The zero-order valence-electron chi connectivity index (χ0n) is 23.0. The number of amides is 1. The number of nitrogens with zero attached hydrogens (tertiary/aromatic N) is 2. The molecule has 3 aliphatic rings. The van der Waals surface area contributed by atoms with Crippen molar-refractivity contribution in [2.24, 2.45) is 28.5 Å². The number of nitrogens with two attached hydrogens (primary N) is 1. The first-order chi connectivity index (χ1) is 19.3. The molecule has 4 unspecified atom stereocenters. The van der Waals surface area contributed by atoms with Crippen LogP contribution in [0, 0.1) is 29.4 Å². The van der Waals surface area contributed by atoms with Gasteiger partial charge in [0.05, 0.1) is 18.9 Å². The Hall–Kier alpha value is -2.73. The fourth-order valence-corrected chi connectivity index (χ4v) is 7.69. The number of benzene rings is 1. The van der Waals surface area contributed by atoms with Crippen molar-refractivity contribution in [2.75, 3.05) is 17.7 Å². The van der Waals surface area contributed by atoms with Gasteiger partial charge < -0.3 is 15.8 Å². The van der Waals surface area contributed by atoms with Crippen LogP contribution in [0.2, 0.25) is 0 Å². The molecule has 1 aromatic carbocycles. The van der Waals surface area contributed by atoms with Crippen molar-refractivity contribution in [3.63, 3.8) is 0 Å². The Labute approximate surface area is 239 Å². The number of anilines is 1. The Morgan fingerprint density at radius 2 is 1.95 bits per heavy atom. The number of aliphatic imine (C=N–C) groups is 1. The quantitative estimate of drug-likeness (QED) is 0.407. The van der Waals surface area contributed by atoms with Crippen LogP contribution < -0.4 is 11.1 Å². The largest absolute Gasteiger partial charge is 0.379 e. The number of carbonyl (C=O) groups is 1. The number of carbonyl (C=O) groups excluding carboxylic acids is 1. The highest BCUT2D eigenvalue weighted by Crippen LogP contribution is 2.57. The summed E-state index contributed by atoms with van der Waals surface area (Å²) in [5.74, 6) is -3.42. The van der Waals surface area contributed by atoms with Crippen molar-refractivity contribution in [3.05, 3.63) is 59.4 Å². The van der Waals surface area contributed by atoms with Gasteiger partial charge in [0.15, 0.2) is 16.5 Å². The highest BCUT2D eigenvalue weighted by molar-refractivity contribution is 8.13. The number of fused-ring (bicyclic) bond motifs is 1. The van der Waals surface area contributed by atoms with Crippen LogP contribution in [0.4, 0.5) is 27.6 Å². The molecular formula is C29H33F5N4O2S. The highest BCUT2D eigenvalue weighted by atomic mass is 32.2. The predicted octanol–water partition coefficient (Wildman–Crippen LogP) is 6.11. The van der Waals surface area contributed by atoms with Gasteiger partial charge in [-0.25, -0.2) is 31.9 Å². The third-order valence-corrected chi connectivity index (χ3v) is 9.73. The molecule has 1 aromatic heterocycles. The zero-order valence-corrected chi connectivity index (χ0v) is 23.8. The molecule has 1 saturated heterocycles. The fourth-order valence-electron chi connectivity index (χ4n) is 6.68. The van der Waals surface area contributed by atoms with Crippen LogP contribution in [0.1, 0.15) is 56.1 Å². The average Bonchev–Trinajstić information content (AvgIpc) is 2.92. The molecule has 2 aromatic rings. The molecule has 222 valence electrons. The molecule has 1 amide bonds. The number of hydrogen-bond acceptors (Lipinski definition) is 6. The number of amidine groups is 1. The molecule has 3 heterocycles. The predicted molar refractivity (Wildman–Crippen MR) is 148 cm³/mol. The van der Waals surface area contributed by atoms with Gasteiger partial charge in [-0.2, -0.15) is 0 Å². The topological polar surface area (TPSA) is 89.6 Å². The number of nitrogens with one attached hydrogen (secondary N) is 1. The van der Waals surface area contributed by atoms with Gasteiger partial charge in [0.1, 0.15) is 29.0 Å². The van der Waals surface area contributed by atoms with Gasteiger partial charge in [-0.15, -0.1) is 0 Å². The summed E-state index contributed by atoms with van der Waals surface area (Å²) >= 11 is 1.22. The molecule has 1 saturated carbocycles. The second kappa shape index (κ2) is 10.8. The average molecular weight is 597 g/mol. The molecule has 7 atom stereocenters. The zero-order chi connectivity index (χ0) is 29.7. The highest BCUT2D eigenvalue weighted by Gasteiger charge is 2.68. The Morgan fingerprint density at radius 1 is 1.20 bits per heavy atom. The Kier molecular flexibility index (Phi) is 7.86. The Morgan fingerprint density at radius 3 is 2.63 bits per heavy atom. The van der Waals surface area contributed by atoms with Gasteiger partial charge in [0.2, 0.25) is 0 Å². The maximum Gasteiger partial charge on any atom is 0.274 e. The number of ether oxygens (including phenoxy) is 1. The summed E-state index contributed by atoms with van der Waals surface area (Å²) < 4.78 is 83.3. The molecule has 1 aliphatic carbocycles. The van der Waals surface area contributed by atoms with Gasteiger partial charge in [-0.05, 0) is 61.4 Å². The van der Waals surface area contributed by atoms with Crippen molar-refractivity contribution in [1.29, 1.82) is 0 Å². The van der Waals surface area contributed by atoms with Gasteiger partial charge >= 0.3 is 0 Å². The summed E-state index contributed by atoms with van der Waals surface area (Å²) in [4.78, 5) is 21.0. The van der Waals surface area contributed by atoms with E-state index in [1.807, 2.05) is 0 Å². The van der Waals surface area contributed by atoms with Gasteiger partial charge in [-0.3, -0.25) is 4.79 Å². The van der Waals surface area contributed by atoms with Crippen LogP contribution in [0.5, 0.6) is 0 Å². The lowest BCUT2D eigenvalue weighted by Gasteiger charge is -2.55. The molecule has 2 fully saturated rings. The number of halogens is 5. The van der Waals surface area contributed by atoms with Crippen LogP contribution in [-0.4, -0.2) is 52.0 Å². The Balaban J connectivity index is 1.48. The van der Waals surface area contributed by atoms with Crippen LogP contribution in [-0.2, 0) is 10.3 Å². The summed E-state index contributed by atoms with van der Waals surface area (Å²) in [7, 11) is 0. The number of thioether (sulfide) groups is 1. The summed E-state index contributed by atoms with van der Waals surface area (Å²) in [6.45, 7) is 4.33. The minimum absolute atomic E-state index is 0.0341. The number of aromatic nitrogens is 1. The van der Waals surface area contributed by atoms with Crippen molar-refractivity contribution < 1.29 is 31.5 Å². The normalized spacial score (nSPS) is 35.5. The smallest absolute Gasteiger partial charge is 0.274 e. The van der Waals surface area contributed by atoms with Crippen molar-refractivity contribution >= 4 is 28.5 Å². The number of pyridine rings is 1. The molecule has 41 heavy (non-hydrogen) atoms. The van der Waals surface area contributed by atoms with E-state index in [0.29, 0.717) is 5.75 Å². The summed E-state index contributed by atoms with van der Waals surface area (Å²) in [6, 6.07) is 6.22. The number of alkyl halides is 3. The van der Waals surface area contributed by atoms with E-state index in [2.05, 4.69) is 15.3 Å². The molecule has 0 bridgehead atoms. The maximum atomic E-state index is 16.9. The minimum atomic E-state index is -2.75. The van der Waals surface area contributed by atoms with E-state index in [4.69, 9.17) is 10.5 Å². The SMILES string of the molecule is CC1CC(F)C(F)(C(C)C)C(F)([C@H]2C[C@H]3CSC(N)=N[C@@]3(c3cc(NC(=O)c4ccc(F)cn4)ccc3F)CO2)C1. The van der Waals surface area contributed by atoms with Gasteiger partial charge in [0.25, 0.3) is 5.91 Å².